The zero-order valence-corrected chi connectivity index (χ0v) is 19.1. The Balaban J connectivity index is 1.61. The zero-order valence-electron chi connectivity index (χ0n) is 18.4. The van der Waals surface area contributed by atoms with Crippen molar-refractivity contribution in [3.63, 3.8) is 0 Å². The fraction of sp³-hybridized carbons (Fsp3) is 0.200. The lowest BCUT2D eigenvalue weighted by atomic mass is 10.1. The molecule has 0 aliphatic heterocycles. The summed E-state index contributed by atoms with van der Waals surface area (Å²) in [6, 6.07) is 17.6. The monoisotopic (exact) mass is 468 g/mol. The summed E-state index contributed by atoms with van der Waals surface area (Å²) in [5.74, 6) is -0.350. The Morgan fingerprint density at radius 1 is 0.939 bits per heavy atom. The van der Waals surface area contributed by atoms with Gasteiger partial charge in [-0.3, -0.25) is 4.79 Å². The molecule has 0 saturated heterocycles. The molecule has 33 heavy (non-hydrogen) atoms. The van der Waals surface area contributed by atoms with E-state index in [0.717, 1.165) is 11.1 Å². The molecule has 0 radical (unpaired) electrons. The first-order chi connectivity index (χ1) is 15.9. The van der Waals surface area contributed by atoms with Crippen LogP contribution in [0.5, 0.6) is 11.5 Å². The maximum atomic E-state index is 12.2. The van der Waals surface area contributed by atoms with Crippen molar-refractivity contribution in [2.24, 2.45) is 0 Å². The van der Waals surface area contributed by atoms with Crippen LogP contribution in [0, 0.1) is 6.92 Å². The number of nitrogens with one attached hydrogen (secondary N) is 2. The number of carboxylic acid groups (broad SMARTS) is 1. The van der Waals surface area contributed by atoms with E-state index >= 15 is 0 Å². The number of hydrogen-bond acceptors (Lipinski definition) is 5. The fourth-order valence-electron chi connectivity index (χ4n) is 3.03. The first-order valence-corrected chi connectivity index (χ1v) is 10.7. The normalized spacial score (nSPS) is 10.4. The van der Waals surface area contributed by atoms with E-state index < -0.39 is 5.97 Å². The minimum atomic E-state index is -1.07. The lowest BCUT2D eigenvalue weighted by Gasteiger charge is -2.14. The van der Waals surface area contributed by atoms with E-state index in [4.69, 9.17) is 26.2 Å². The standard InChI is InChI=1S/C25H25ClN2O5/c1-3-32-23-12-17(14-27-19-9-10-20(25(30)31)21(26)13-19)6-11-22(23)33-15-24(29)28-18-7-4-16(2)5-8-18/h4-13,27H,3,14-15H2,1-2H3,(H,28,29)(H,30,31). The van der Waals surface area contributed by atoms with Gasteiger partial charge in [-0.15, -0.1) is 0 Å². The molecule has 0 fully saturated rings. The number of ether oxygens (including phenoxy) is 2. The van der Waals surface area contributed by atoms with Crippen molar-refractivity contribution in [3.8, 4) is 11.5 Å². The van der Waals surface area contributed by atoms with Crippen molar-refractivity contribution < 1.29 is 24.2 Å². The van der Waals surface area contributed by atoms with Gasteiger partial charge in [-0.25, -0.2) is 4.79 Å². The van der Waals surface area contributed by atoms with Gasteiger partial charge in [0.15, 0.2) is 18.1 Å². The molecular weight excluding hydrogens is 444 g/mol. The smallest absolute Gasteiger partial charge is 0.337 e. The average molecular weight is 469 g/mol. The predicted octanol–water partition coefficient (Wildman–Crippen LogP) is 5.37. The maximum Gasteiger partial charge on any atom is 0.337 e. The summed E-state index contributed by atoms with van der Waals surface area (Å²) in [6.07, 6.45) is 0. The van der Waals surface area contributed by atoms with Crippen LogP contribution >= 0.6 is 11.6 Å². The lowest BCUT2D eigenvalue weighted by Crippen LogP contribution is -2.20. The predicted molar refractivity (Wildman–Crippen MR) is 129 cm³/mol. The number of benzene rings is 3. The molecule has 3 rings (SSSR count). The highest BCUT2D eigenvalue weighted by Crippen LogP contribution is 2.29. The molecule has 0 heterocycles. The number of carbonyl (C=O) groups is 2. The largest absolute Gasteiger partial charge is 0.490 e. The first kappa shape index (κ1) is 23.9. The molecule has 0 spiro atoms. The molecule has 8 heteroatoms. The van der Waals surface area contributed by atoms with Gasteiger partial charge in [-0.05, 0) is 61.9 Å². The van der Waals surface area contributed by atoms with E-state index in [1.54, 1.807) is 18.2 Å². The summed E-state index contributed by atoms with van der Waals surface area (Å²) in [4.78, 5) is 23.3. The minimum absolute atomic E-state index is 0.0498. The summed E-state index contributed by atoms with van der Waals surface area (Å²) in [6.45, 7) is 4.59. The van der Waals surface area contributed by atoms with Crippen molar-refractivity contribution >= 4 is 34.9 Å². The second-order valence-electron chi connectivity index (χ2n) is 7.27. The fourth-order valence-corrected chi connectivity index (χ4v) is 3.29. The number of hydrogen-bond donors (Lipinski definition) is 3. The van der Waals surface area contributed by atoms with Crippen LogP contribution in [0.2, 0.25) is 5.02 Å². The highest BCUT2D eigenvalue weighted by molar-refractivity contribution is 6.33. The molecule has 0 saturated carbocycles. The number of halogens is 1. The van der Waals surface area contributed by atoms with Gasteiger partial charge in [0.05, 0.1) is 17.2 Å². The Bertz CT molecular complexity index is 1130. The first-order valence-electron chi connectivity index (χ1n) is 10.4. The highest BCUT2D eigenvalue weighted by atomic mass is 35.5. The summed E-state index contributed by atoms with van der Waals surface area (Å²) in [5.41, 5.74) is 3.47. The van der Waals surface area contributed by atoms with Crippen molar-refractivity contribution in [1.82, 2.24) is 0 Å². The molecule has 0 atom stereocenters. The summed E-state index contributed by atoms with van der Waals surface area (Å²) >= 11 is 6.02. The number of carboxylic acids is 1. The summed E-state index contributed by atoms with van der Waals surface area (Å²) in [7, 11) is 0. The van der Waals surface area contributed by atoms with E-state index in [0.29, 0.717) is 36.0 Å². The molecule has 172 valence electrons. The Kier molecular flexibility index (Phi) is 8.16. The zero-order chi connectivity index (χ0) is 23.8. The molecule has 3 aromatic rings. The Morgan fingerprint density at radius 3 is 2.33 bits per heavy atom. The second kappa shape index (κ2) is 11.2. The molecule has 7 nitrogen and oxygen atoms in total. The van der Waals surface area contributed by atoms with Crippen molar-refractivity contribution in [2.75, 3.05) is 23.8 Å². The minimum Gasteiger partial charge on any atom is -0.490 e. The van der Waals surface area contributed by atoms with Crippen molar-refractivity contribution in [2.45, 2.75) is 20.4 Å². The third kappa shape index (κ3) is 6.89. The molecule has 3 N–H and O–H groups in total. The van der Waals surface area contributed by atoms with Crippen molar-refractivity contribution in [1.29, 1.82) is 0 Å². The number of carbonyl (C=O) groups excluding carboxylic acids is 1. The van der Waals surface area contributed by atoms with Gasteiger partial charge in [0.25, 0.3) is 5.91 Å². The number of aryl methyl sites for hydroxylation is 1. The molecule has 0 bridgehead atoms. The van der Waals surface area contributed by atoms with E-state index in [1.165, 1.54) is 6.07 Å². The molecular formula is C25H25ClN2O5. The van der Waals surface area contributed by atoms with E-state index in [2.05, 4.69) is 10.6 Å². The van der Waals surface area contributed by atoms with Crippen LogP contribution in [0.25, 0.3) is 0 Å². The van der Waals surface area contributed by atoms with Gasteiger partial charge < -0.3 is 25.2 Å². The Labute approximate surface area is 197 Å². The summed E-state index contributed by atoms with van der Waals surface area (Å²) in [5, 5.41) is 15.2. The third-order valence-electron chi connectivity index (χ3n) is 4.70. The van der Waals surface area contributed by atoms with Crippen LogP contribution in [-0.4, -0.2) is 30.2 Å². The van der Waals surface area contributed by atoms with Gasteiger partial charge in [0.2, 0.25) is 0 Å². The number of aromatic carboxylic acids is 1. The molecule has 0 aliphatic rings. The number of rotatable bonds is 10. The molecule has 0 aliphatic carbocycles. The quantitative estimate of drug-likeness (QED) is 0.370. The van der Waals surface area contributed by atoms with Crippen LogP contribution in [0.4, 0.5) is 11.4 Å². The topological polar surface area (TPSA) is 96.9 Å². The van der Waals surface area contributed by atoms with Gasteiger partial charge in [-0.2, -0.15) is 0 Å². The molecule has 1 amide bonds. The van der Waals surface area contributed by atoms with Gasteiger partial charge in [0.1, 0.15) is 0 Å². The molecule has 0 unspecified atom stereocenters. The van der Waals surface area contributed by atoms with Crippen LogP contribution in [0.1, 0.15) is 28.4 Å². The third-order valence-corrected chi connectivity index (χ3v) is 5.01. The van der Waals surface area contributed by atoms with E-state index in [-0.39, 0.29) is 23.1 Å². The van der Waals surface area contributed by atoms with Gasteiger partial charge in [0, 0.05) is 17.9 Å². The second-order valence-corrected chi connectivity index (χ2v) is 7.68. The maximum absolute atomic E-state index is 12.2. The van der Waals surface area contributed by atoms with E-state index in [1.807, 2.05) is 50.2 Å². The van der Waals surface area contributed by atoms with Crippen molar-refractivity contribution in [3.05, 3.63) is 82.4 Å². The van der Waals surface area contributed by atoms with Crippen LogP contribution in [-0.2, 0) is 11.3 Å². The van der Waals surface area contributed by atoms with Crippen LogP contribution in [0.3, 0.4) is 0 Å². The average Bonchev–Trinajstić information content (AvgIpc) is 2.78. The van der Waals surface area contributed by atoms with Crippen LogP contribution < -0.4 is 20.1 Å². The number of amides is 1. The van der Waals surface area contributed by atoms with Gasteiger partial charge in [-0.1, -0.05) is 35.4 Å². The highest BCUT2D eigenvalue weighted by Gasteiger charge is 2.11. The molecule has 0 aromatic heterocycles. The Hall–Kier alpha value is -3.71. The SMILES string of the molecule is CCOc1cc(CNc2ccc(C(=O)O)c(Cl)c2)ccc1OCC(=O)Nc1ccc(C)cc1. The molecule has 3 aromatic carbocycles. The van der Waals surface area contributed by atoms with Crippen LogP contribution in [0.15, 0.2) is 60.7 Å². The number of anilines is 2. The lowest BCUT2D eigenvalue weighted by molar-refractivity contribution is -0.118. The Morgan fingerprint density at radius 2 is 1.67 bits per heavy atom. The van der Waals surface area contributed by atoms with E-state index in [9.17, 15) is 9.59 Å². The van der Waals surface area contributed by atoms with Gasteiger partial charge >= 0.3 is 5.97 Å². The summed E-state index contributed by atoms with van der Waals surface area (Å²) < 4.78 is 11.4.